The molecule has 1 saturated heterocycles. The van der Waals surface area contributed by atoms with E-state index in [0.717, 1.165) is 43.4 Å². The van der Waals surface area contributed by atoms with Gasteiger partial charge in [0.15, 0.2) is 5.96 Å². The van der Waals surface area contributed by atoms with Crippen molar-refractivity contribution in [2.45, 2.75) is 39.3 Å². The first-order valence-corrected chi connectivity index (χ1v) is 10.8. The Morgan fingerprint density at radius 2 is 1.81 bits per heavy atom. The summed E-state index contributed by atoms with van der Waals surface area (Å²) in [4.78, 5) is 18.6. The second kappa shape index (κ2) is 13.3. The summed E-state index contributed by atoms with van der Waals surface area (Å²) in [6.07, 6.45) is 2.53. The van der Waals surface area contributed by atoms with Crippen LogP contribution in [0.4, 0.5) is 5.69 Å². The number of aliphatic imine (C=N–C) groups is 1. The molecule has 0 spiro atoms. The standard InChI is InChI=1S/C24H33N5O.HI/c1-3-25-24(26-17-20-10-9-13-22(16-20)28-19(2)30)27-18-23(29-14-7-8-15-29)21-11-5-4-6-12-21;/h4-6,9-13,16,23H,3,7-8,14-15,17-18H2,1-2H3,(H,28,30)(H2,25,26,27);1H. The monoisotopic (exact) mass is 535 g/mol. The van der Waals surface area contributed by atoms with Crippen molar-refractivity contribution in [1.29, 1.82) is 0 Å². The van der Waals surface area contributed by atoms with E-state index in [1.54, 1.807) is 0 Å². The number of amides is 1. The number of halogens is 1. The number of benzene rings is 2. The fourth-order valence-corrected chi connectivity index (χ4v) is 3.84. The van der Waals surface area contributed by atoms with Crippen LogP contribution in [-0.2, 0) is 11.3 Å². The number of hydrogen-bond donors (Lipinski definition) is 3. The molecule has 1 unspecified atom stereocenters. The van der Waals surface area contributed by atoms with Crippen LogP contribution in [-0.4, -0.2) is 42.9 Å². The number of likely N-dealkylation sites (tertiary alicyclic amines) is 1. The molecule has 2 aromatic carbocycles. The molecule has 31 heavy (non-hydrogen) atoms. The minimum atomic E-state index is -0.0699. The number of anilines is 1. The highest BCUT2D eigenvalue weighted by atomic mass is 127. The average molecular weight is 535 g/mol. The zero-order valence-corrected chi connectivity index (χ0v) is 20.8. The molecule has 0 aliphatic carbocycles. The molecule has 1 fully saturated rings. The van der Waals surface area contributed by atoms with E-state index in [0.29, 0.717) is 12.6 Å². The van der Waals surface area contributed by atoms with Gasteiger partial charge >= 0.3 is 0 Å². The van der Waals surface area contributed by atoms with Crippen molar-refractivity contribution in [3.05, 3.63) is 65.7 Å². The van der Waals surface area contributed by atoms with Gasteiger partial charge < -0.3 is 16.0 Å². The van der Waals surface area contributed by atoms with Crippen LogP contribution in [0.25, 0.3) is 0 Å². The summed E-state index contributed by atoms with van der Waals surface area (Å²) in [5.41, 5.74) is 3.19. The van der Waals surface area contributed by atoms with Gasteiger partial charge in [0, 0.05) is 25.7 Å². The predicted molar refractivity (Wildman–Crippen MR) is 139 cm³/mol. The van der Waals surface area contributed by atoms with Crippen molar-refractivity contribution < 1.29 is 4.79 Å². The quantitative estimate of drug-likeness (QED) is 0.270. The molecule has 0 saturated carbocycles. The van der Waals surface area contributed by atoms with E-state index in [1.807, 2.05) is 24.3 Å². The molecule has 168 valence electrons. The molecule has 0 radical (unpaired) electrons. The number of rotatable bonds is 8. The fraction of sp³-hybridized carbons (Fsp3) is 0.417. The number of hydrogen-bond acceptors (Lipinski definition) is 3. The summed E-state index contributed by atoms with van der Waals surface area (Å²) in [6, 6.07) is 18.9. The molecule has 2 aromatic rings. The van der Waals surface area contributed by atoms with E-state index < -0.39 is 0 Å². The molecular formula is C24H34IN5O. The summed E-state index contributed by atoms with van der Waals surface area (Å²) in [6.45, 7) is 8.03. The van der Waals surface area contributed by atoms with Gasteiger partial charge in [0.05, 0.1) is 12.6 Å². The minimum Gasteiger partial charge on any atom is -0.357 e. The Bertz CT molecular complexity index is 837. The normalized spacial score (nSPS) is 15.1. The van der Waals surface area contributed by atoms with Crippen LogP contribution in [0.5, 0.6) is 0 Å². The molecule has 0 aromatic heterocycles. The van der Waals surface area contributed by atoms with Gasteiger partial charge in [0.25, 0.3) is 0 Å². The largest absolute Gasteiger partial charge is 0.357 e. The van der Waals surface area contributed by atoms with Gasteiger partial charge in [-0.2, -0.15) is 0 Å². The van der Waals surface area contributed by atoms with Gasteiger partial charge in [0.2, 0.25) is 5.91 Å². The van der Waals surface area contributed by atoms with Gasteiger partial charge in [-0.3, -0.25) is 9.69 Å². The van der Waals surface area contributed by atoms with Crippen LogP contribution in [0.1, 0.15) is 43.9 Å². The number of nitrogens with zero attached hydrogens (tertiary/aromatic N) is 2. The van der Waals surface area contributed by atoms with Crippen molar-refractivity contribution in [1.82, 2.24) is 15.5 Å². The van der Waals surface area contributed by atoms with Gasteiger partial charge in [0.1, 0.15) is 0 Å². The third-order valence-electron chi connectivity index (χ3n) is 5.24. The van der Waals surface area contributed by atoms with E-state index in [1.165, 1.54) is 25.3 Å². The van der Waals surface area contributed by atoms with Crippen LogP contribution < -0.4 is 16.0 Å². The van der Waals surface area contributed by atoms with E-state index in [2.05, 4.69) is 58.1 Å². The van der Waals surface area contributed by atoms with Crippen molar-refractivity contribution in [3.63, 3.8) is 0 Å². The van der Waals surface area contributed by atoms with Crippen LogP contribution in [0, 0.1) is 0 Å². The topological polar surface area (TPSA) is 68.8 Å². The highest BCUT2D eigenvalue weighted by molar-refractivity contribution is 14.0. The Kier molecular flexibility index (Phi) is 10.8. The lowest BCUT2D eigenvalue weighted by Crippen LogP contribution is -2.42. The first-order valence-electron chi connectivity index (χ1n) is 10.8. The van der Waals surface area contributed by atoms with Crippen LogP contribution in [0.3, 0.4) is 0 Å². The van der Waals surface area contributed by atoms with Crippen LogP contribution in [0.2, 0.25) is 0 Å². The second-order valence-electron chi connectivity index (χ2n) is 7.63. The van der Waals surface area contributed by atoms with E-state index >= 15 is 0 Å². The number of guanidine groups is 1. The Balaban J connectivity index is 0.00000341. The Labute approximate surface area is 202 Å². The Hall–Kier alpha value is -2.13. The third kappa shape index (κ3) is 8.14. The lowest BCUT2D eigenvalue weighted by Gasteiger charge is -2.29. The highest BCUT2D eigenvalue weighted by Gasteiger charge is 2.23. The maximum Gasteiger partial charge on any atom is 0.221 e. The smallest absolute Gasteiger partial charge is 0.221 e. The summed E-state index contributed by atoms with van der Waals surface area (Å²) < 4.78 is 0. The van der Waals surface area contributed by atoms with Gasteiger partial charge in [-0.15, -0.1) is 24.0 Å². The zero-order valence-electron chi connectivity index (χ0n) is 18.4. The predicted octanol–water partition coefficient (Wildman–Crippen LogP) is 4.16. The van der Waals surface area contributed by atoms with E-state index in [4.69, 9.17) is 4.99 Å². The molecule has 1 heterocycles. The molecule has 1 atom stereocenters. The molecule has 3 N–H and O–H groups in total. The first-order chi connectivity index (χ1) is 14.7. The van der Waals surface area contributed by atoms with Crippen molar-refractivity contribution in [2.24, 2.45) is 4.99 Å². The Morgan fingerprint density at radius 1 is 1.06 bits per heavy atom. The molecular weight excluding hydrogens is 501 g/mol. The first kappa shape index (κ1) is 25.1. The van der Waals surface area contributed by atoms with Gasteiger partial charge in [-0.1, -0.05) is 42.5 Å². The summed E-state index contributed by atoms with van der Waals surface area (Å²) in [7, 11) is 0. The minimum absolute atomic E-state index is 0. The lowest BCUT2D eigenvalue weighted by molar-refractivity contribution is -0.114. The third-order valence-corrected chi connectivity index (χ3v) is 5.24. The van der Waals surface area contributed by atoms with Crippen molar-refractivity contribution >= 4 is 41.5 Å². The van der Waals surface area contributed by atoms with Crippen LogP contribution in [0.15, 0.2) is 59.6 Å². The highest BCUT2D eigenvalue weighted by Crippen LogP contribution is 2.24. The lowest BCUT2D eigenvalue weighted by atomic mass is 10.1. The number of carbonyl (C=O) groups excluding carboxylic acids is 1. The van der Waals surface area contributed by atoms with E-state index in [9.17, 15) is 4.79 Å². The zero-order chi connectivity index (χ0) is 21.2. The average Bonchev–Trinajstić information content (AvgIpc) is 3.27. The SMILES string of the molecule is CCNC(=NCc1cccc(NC(C)=O)c1)NCC(c1ccccc1)N1CCCC1.I. The molecule has 3 rings (SSSR count). The van der Waals surface area contributed by atoms with Crippen LogP contribution >= 0.6 is 24.0 Å². The summed E-state index contributed by atoms with van der Waals surface area (Å²) in [5, 5.41) is 9.71. The molecule has 0 bridgehead atoms. The summed E-state index contributed by atoms with van der Waals surface area (Å²) >= 11 is 0. The summed E-state index contributed by atoms with van der Waals surface area (Å²) in [5.74, 6) is 0.738. The number of carbonyl (C=O) groups is 1. The van der Waals surface area contributed by atoms with Gasteiger partial charge in [-0.05, 0) is 56.1 Å². The maximum atomic E-state index is 11.3. The number of nitrogens with one attached hydrogen (secondary N) is 3. The molecule has 7 heteroatoms. The Morgan fingerprint density at radius 3 is 2.48 bits per heavy atom. The van der Waals surface area contributed by atoms with Crippen molar-refractivity contribution in [2.75, 3.05) is 31.5 Å². The van der Waals surface area contributed by atoms with Crippen molar-refractivity contribution in [3.8, 4) is 0 Å². The maximum absolute atomic E-state index is 11.3. The fourth-order valence-electron chi connectivity index (χ4n) is 3.84. The van der Waals surface area contributed by atoms with Gasteiger partial charge in [-0.25, -0.2) is 4.99 Å². The molecule has 1 aliphatic rings. The van der Waals surface area contributed by atoms with E-state index in [-0.39, 0.29) is 29.9 Å². The molecule has 1 amide bonds. The molecule has 6 nitrogen and oxygen atoms in total. The second-order valence-corrected chi connectivity index (χ2v) is 7.63. The molecule has 1 aliphatic heterocycles.